The van der Waals surface area contributed by atoms with E-state index in [-0.39, 0.29) is 5.91 Å². The van der Waals surface area contributed by atoms with Crippen molar-refractivity contribution >= 4 is 23.0 Å². The van der Waals surface area contributed by atoms with Gasteiger partial charge in [-0.25, -0.2) is 0 Å². The van der Waals surface area contributed by atoms with Crippen molar-refractivity contribution in [3.05, 3.63) is 54.1 Å². The van der Waals surface area contributed by atoms with E-state index in [1.165, 1.54) is 24.8 Å². The topological polar surface area (TPSA) is 67.2 Å². The quantitative estimate of drug-likeness (QED) is 0.413. The molecule has 4 heteroatoms. The molecule has 2 aromatic rings. The highest BCUT2D eigenvalue weighted by Crippen LogP contribution is 2.16. The van der Waals surface area contributed by atoms with Crippen molar-refractivity contribution in [1.82, 2.24) is 0 Å². The van der Waals surface area contributed by atoms with E-state index in [0.717, 1.165) is 36.4 Å². The molecule has 134 valence electrons. The Morgan fingerprint density at radius 2 is 1.52 bits per heavy atom. The van der Waals surface area contributed by atoms with Crippen LogP contribution in [0.25, 0.3) is 0 Å². The van der Waals surface area contributed by atoms with E-state index in [1.54, 1.807) is 0 Å². The first-order chi connectivity index (χ1) is 12.2. The molecule has 0 heterocycles. The van der Waals surface area contributed by atoms with Crippen LogP contribution in [-0.4, -0.2) is 5.91 Å². The van der Waals surface area contributed by atoms with Gasteiger partial charge in [0.25, 0.3) is 0 Å². The van der Waals surface area contributed by atoms with Crippen LogP contribution in [0.3, 0.4) is 0 Å². The second-order valence-corrected chi connectivity index (χ2v) is 6.38. The average molecular weight is 339 g/mol. The molecule has 2 aromatic carbocycles. The number of nitrogens with one attached hydrogen (secondary N) is 2. The number of carbonyl (C=O) groups excluding carboxylic acids is 1. The van der Waals surface area contributed by atoms with Crippen LogP contribution >= 0.6 is 0 Å². The maximum atomic E-state index is 11.9. The largest absolute Gasteiger partial charge is 0.399 e. The van der Waals surface area contributed by atoms with Gasteiger partial charge in [0.05, 0.1) is 0 Å². The predicted octanol–water partition coefficient (Wildman–Crippen LogP) is 5.18. The van der Waals surface area contributed by atoms with E-state index in [9.17, 15) is 4.79 Å². The summed E-state index contributed by atoms with van der Waals surface area (Å²) in [5.74, 6) is 0.0964. The third kappa shape index (κ3) is 7.29. The smallest absolute Gasteiger partial charge is 0.224 e. The van der Waals surface area contributed by atoms with Crippen molar-refractivity contribution < 1.29 is 4.79 Å². The van der Waals surface area contributed by atoms with Gasteiger partial charge in [-0.1, -0.05) is 44.7 Å². The normalized spacial score (nSPS) is 10.4. The van der Waals surface area contributed by atoms with Gasteiger partial charge in [0.1, 0.15) is 0 Å². The summed E-state index contributed by atoms with van der Waals surface area (Å²) in [6.07, 6.45) is 6.40. The SMILES string of the molecule is CCCCCCCC(=O)Nc1ccc(NCc2ccc(N)cc2)cc1. The van der Waals surface area contributed by atoms with Gasteiger partial charge in [-0.2, -0.15) is 0 Å². The van der Waals surface area contributed by atoms with Crippen LogP contribution in [-0.2, 0) is 11.3 Å². The molecule has 0 bridgehead atoms. The lowest BCUT2D eigenvalue weighted by atomic mass is 10.1. The molecular formula is C21H29N3O. The lowest BCUT2D eigenvalue weighted by Crippen LogP contribution is -2.11. The summed E-state index contributed by atoms with van der Waals surface area (Å²) in [5, 5.41) is 6.32. The molecule has 0 aliphatic rings. The van der Waals surface area contributed by atoms with Gasteiger partial charge < -0.3 is 16.4 Å². The van der Waals surface area contributed by atoms with E-state index in [1.807, 2.05) is 48.5 Å². The Morgan fingerprint density at radius 1 is 0.880 bits per heavy atom. The molecule has 1 amide bonds. The molecule has 0 atom stereocenters. The van der Waals surface area contributed by atoms with Gasteiger partial charge >= 0.3 is 0 Å². The van der Waals surface area contributed by atoms with Gasteiger partial charge in [-0.3, -0.25) is 4.79 Å². The highest BCUT2D eigenvalue weighted by Gasteiger charge is 2.02. The maximum Gasteiger partial charge on any atom is 0.224 e. The first kappa shape index (κ1) is 18.8. The van der Waals surface area contributed by atoms with Gasteiger partial charge in [0.2, 0.25) is 5.91 Å². The van der Waals surface area contributed by atoms with Crippen molar-refractivity contribution in [2.75, 3.05) is 16.4 Å². The standard InChI is InChI=1S/C21H29N3O/c1-2-3-4-5-6-7-21(25)24-20-14-12-19(13-15-20)23-16-17-8-10-18(22)11-9-17/h8-15,23H,2-7,16,22H2,1H3,(H,24,25). The van der Waals surface area contributed by atoms with Gasteiger partial charge in [0.15, 0.2) is 0 Å². The maximum absolute atomic E-state index is 11.9. The summed E-state index contributed by atoms with van der Waals surface area (Å²) in [5.41, 5.74) is 9.50. The molecule has 0 aliphatic carbocycles. The number of amides is 1. The summed E-state index contributed by atoms with van der Waals surface area (Å²) in [6, 6.07) is 15.6. The van der Waals surface area contributed by atoms with Crippen LogP contribution in [0.5, 0.6) is 0 Å². The zero-order valence-corrected chi connectivity index (χ0v) is 15.1. The molecule has 0 saturated carbocycles. The molecule has 0 fully saturated rings. The van der Waals surface area contributed by atoms with Gasteiger partial charge in [0, 0.05) is 30.0 Å². The fraction of sp³-hybridized carbons (Fsp3) is 0.381. The molecule has 4 nitrogen and oxygen atoms in total. The highest BCUT2D eigenvalue weighted by molar-refractivity contribution is 5.90. The molecule has 4 N–H and O–H groups in total. The molecule has 0 spiro atoms. The lowest BCUT2D eigenvalue weighted by Gasteiger charge is -2.09. The fourth-order valence-electron chi connectivity index (χ4n) is 2.62. The van der Waals surface area contributed by atoms with Gasteiger partial charge in [-0.15, -0.1) is 0 Å². The number of nitrogen functional groups attached to an aromatic ring is 1. The monoisotopic (exact) mass is 339 g/mol. The average Bonchev–Trinajstić information content (AvgIpc) is 2.62. The number of hydrogen-bond acceptors (Lipinski definition) is 3. The summed E-state index contributed by atoms with van der Waals surface area (Å²) in [6.45, 7) is 2.94. The zero-order valence-electron chi connectivity index (χ0n) is 15.1. The first-order valence-electron chi connectivity index (χ1n) is 9.15. The summed E-state index contributed by atoms with van der Waals surface area (Å²) >= 11 is 0. The molecule has 0 aliphatic heterocycles. The molecule has 25 heavy (non-hydrogen) atoms. The van der Waals surface area contributed by atoms with Crippen LogP contribution in [0.15, 0.2) is 48.5 Å². The Kier molecular flexibility index (Phi) is 7.83. The number of carbonyl (C=O) groups is 1. The minimum Gasteiger partial charge on any atom is -0.399 e. The molecule has 2 rings (SSSR count). The number of unbranched alkanes of at least 4 members (excludes halogenated alkanes) is 4. The second kappa shape index (κ2) is 10.4. The third-order valence-electron chi connectivity index (χ3n) is 4.15. The molecule has 0 radical (unpaired) electrons. The third-order valence-corrected chi connectivity index (χ3v) is 4.15. The van der Waals surface area contributed by atoms with E-state index in [4.69, 9.17) is 5.73 Å². The summed E-state index contributed by atoms with van der Waals surface area (Å²) in [7, 11) is 0. The Hall–Kier alpha value is -2.49. The van der Waals surface area contributed by atoms with Crippen LogP contribution in [0, 0.1) is 0 Å². The number of nitrogens with two attached hydrogens (primary N) is 1. The Labute approximate surface area is 150 Å². The van der Waals surface area contributed by atoms with E-state index >= 15 is 0 Å². The minimum absolute atomic E-state index is 0.0964. The van der Waals surface area contributed by atoms with E-state index in [0.29, 0.717) is 6.42 Å². The molecule has 0 aromatic heterocycles. The zero-order chi connectivity index (χ0) is 17.9. The highest BCUT2D eigenvalue weighted by atomic mass is 16.1. The van der Waals surface area contributed by atoms with Crippen LogP contribution in [0.1, 0.15) is 51.0 Å². The molecular weight excluding hydrogens is 310 g/mol. The van der Waals surface area contributed by atoms with Crippen molar-refractivity contribution in [3.63, 3.8) is 0 Å². The number of rotatable bonds is 10. The minimum atomic E-state index is 0.0964. The fourth-order valence-corrected chi connectivity index (χ4v) is 2.62. The molecule has 0 saturated heterocycles. The van der Waals surface area contributed by atoms with Crippen molar-refractivity contribution in [3.8, 4) is 0 Å². The van der Waals surface area contributed by atoms with E-state index < -0.39 is 0 Å². The van der Waals surface area contributed by atoms with Crippen molar-refractivity contribution in [2.45, 2.75) is 52.0 Å². The predicted molar refractivity (Wildman–Crippen MR) is 107 cm³/mol. The first-order valence-corrected chi connectivity index (χ1v) is 9.15. The Bertz CT molecular complexity index is 635. The van der Waals surface area contributed by atoms with Crippen LogP contribution in [0.2, 0.25) is 0 Å². The number of anilines is 3. The molecule has 0 unspecified atom stereocenters. The Balaban J connectivity index is 1.71. The second-order valence-electron chi connectivity index (χ2n) is 6.38. The Morgan fingerprint density at radius 3 is 2.20 bits per heavy atom. The van der Waals surface area contributed by atoms with E-state index in [2.05, 4.69) is 17.6 Å². The van der Waals surface area contributed by atoms with Crippen molar-refractivity contribution in [2.24, 2.45) is 0 Å². The summed E-state index contributed by atoms with van der Waals surface area (Å²) < 4.78 is 0. The van der Waals surface area contributed by atoms with Crippen LogP contribution in [0.4, 0.5) is 17.1 Å². The van der Waals surface area contributed by atoms with Crippen molar-refractivity contribution in [1.29, 1.82) is 0 Å². The lowest BCUT2D eigenvalue weighted by molar-refractivity contribution is -0.116. The number of hydrogen-bond donors (Lipinski definition) is 3. The van der Waals surface area contributed by atoms with Crippen LogP contribution < -0.4 is 16.4 Å². The van der Waals surface area contributed by atoms with Gasteiger partial charge in [-0.05, 0) is 48.4 Å². The summed E-state index contributed by atoms with van der Waals surface area (Å²) in [4.78, 5) is 11.9. The number of benzene rings is 2.